The van der Waals surface area contributed by atoms with E-state index in [9.17, 15) is 4.79 Å². The third kappa shape index (κ3) is 1.61. The average Bonchev–Trinajstić information content (AvgIpc) is 2.27. The molecule has 1 aromatic carbocycles. The minimum atomic E-state index is -0.131. The van der Waals surface area contributed by atoms with Gasteiger partial charge in [-0.15, -0.1) is 0 Å². The zero-order valence-corrected chi connectivity index (χ0v) is 8.34. The maximum Gasteiger partial charge on any atom is 0.262 e. The molecule has 4 nitrogen and oxygen atoms in total. The number of hydrogen-bond acceptors (Lipinski definition) is 3. The molecule has 0 atom stereocenters. The molecule has 0 aliphatic heterocycles. The van der Waals surface area contributed by atoms with Gasteiger partial charge in [-0.1, -0.05) is 30.3 Å². The van der Waals surface area contributed by atoms with Crippen LogP contribution in [-0.4, -0.2) is 9.55 Å². The van der Waals surface area contributed by atoms with Crippen LogP contribution >= 0.6 is 0 Å². The quantitative estimate of drug-likeness (QED) is 0.749. The van der Waals surface area contributed by atoms with E-state index in [0.29, 0.717) is 5.56 Å². The summed E-state index contributed by atoms with van der Waals surface area (Å²) >= 11 is 0. The van der Waals surface area contributed by atoms with Gasteiger partial charge in [0.2, 0.25) is 5.95 Å². The van der Waals surface area contributed by atoms with Gasteiger partial charge < -0.3 is 5.73 Å². The molecule has 0 saturated carbocycles. The monoisotopic (exact) mass is 201 g/mol. The fourth-order valence-corrected chi connectivity index (χ4v) is 1.37. The van der Waals surface area contributed by atoms with E-state index >= 15 is 0 Å². The summed E-state index contributed by atoms with van der Waals surface area (Å²) in [6.45, 7) is 0. The Morgan fingerprint density at radius 1 is 1.27 bits per heavy atom. The lowest BCUT2D eigenvalue weighted by Gasteiger charge is -2.05. The first-order valence-corrected chi connectivity index (χ1v) is 4.57. The molecule has 15 heavy (non-hydrogen) atoms. The van der Waals surface area contributed by atoms with E-state index in [4.69, 9.17) is 5.73 Å². The maximum atomic E-state index is 11.8. The molecule has 2 aromatic rings. The first-order valence-electron chi connectivity index (χ1n) is 4.57. The van der Waals surface area contributed by atoms with Crippen LogP contribution in [0.2, 0.25) is 0 Å². The van der Waals surface area contributed by atoms with Gasteiger partial charge >= 0.3 is 0 Å². The summed E-state index contributed by atoms with van der Waals surface area (Å²) in [5.74, 6) is 0.222. The van der Waals surface area contributed by atoms with Crippen molar-refractivity contribution in [3.05, 3.63) is 46.9 Å². The Labute approximate surface area is 87.0 Å². The minimum absolute atomic E-state index is 0.131. The lowest BCUT2D eigenvalue weighted by atomic mass is 10.1. The van der Waals surface area contributed by atoms with Gasteiger partial charge in [-0.05, 0) is 5.56 Å². The molecular formula is C11H11N3O. The molecule has 0 bridgehead atoms. The fourth-order valence-electron chi connectivity index (χ4n) is 1.37. The van der Waals surface area contributed by atoms with Crippen LogP contribution in [0.25, 0.3) is 11.1 Å². The molecule has 2 rings (SSSR count). The predicted molar refractivity (Wildman–Crippen MR) is 59.3 cm³/mol. The Bertz CT molecular complexity index is 531. The van der Waals surface area contributed by atoms with Crippen molar-refractivity contribution < 1.29 is 0 Å². The second-order valence-corrected chi connectivity index (χ2v) is 3.26. The number of hydrogen-bond donors (Lipinski definition) is 1. The van der Waals surface area contributed by atoms with Crippen LogP contribution in [0.3, 0.4) is 0 Å². The summed E-state index contributed by atoms with van der Waals surface area (Å²) in [5, 5.41) is 0. The van der Waals surface area contributed by atoms with Crippen molar-refractivity contribution in [2.45, 2.75) is 0 Å². The Hall–Kier alpha value is -2.10. The van der Waals surface area contributed by atoms with Crippen LogP contribution < -0.4 is 11.3 Å². The fraction of sp³-hybridized carbons (Fsp3) is 0.0909. The zero-order chi connectivity index (χ0) is 10.8. The van der Waals surface area contributed by atoms with Crippen LogP contribution in [0, 0.1) is 0 Å². The molecule has 4 heteroatoms. The van der Waals surface area contributed by atoms with Crippen LogP contribution in [0.5, 0.6) is 0 Å². The van der Waals surface area contributed by atoms with Gasteiger partial charge in [0.1, 0.15) is 0 Å². The normalized spacial score (nSPS) is 10.2. The third-order valence-corrected chi connectivity index (χ3v) is 2.29. The van der Waals surface area contributed by atoms with Crippen molar-refractivity contribution in [3.8, 4) is 11.1 Å². The van der Waals surface area contributed by atoms with Crippen LogP contribution in [0.15, 0.2) is 41.3 Å². The standard InChI is InChI=1S/C11H11N3O/c1-14-10(15)9(7-13-11(14)12)8-5-3-2-4-6-8/h2-7H,1H3,(H2,12,13). The molecule has 1 heterocycles. The molecule has 2 N–H and O–H groups in total. The van der Waals surface area contributed by atoms with E-state index in [1.54, 1.807) is 7.05 Å². The molecule has 0 aliphatic carbocycles. The molecule has 0 aliphatic rings. The van der Waals surface area contributed by atoms with Gasteiger partial charge in [-0.3, -0.25) is 9.36 Å². The van der Waals surface area contributed by atoms with Gasteiger partial charge in [0.15, 0.2) is 0 Å². The van der Waals surface area contributed by atoms with E-state index in [0.717, 1.165) is 5.56 Å². The highest BCUT2D eigenvalue weighted by atomic mass is 16.1. The number of nitrogen functional groups attached to an aromatic ring is 1. The van der Waals surface area contributed by atoms with Crippen molar-refractivity contribution in [2.75, 3.05) is 5.73 Å². The molecule has 0 amide bonds. The van der Waals surface area contributed by atoms with Gasteiger partial charge in [0, 0.05) is 13.2 Å². The summed E-state index contributed by atoms with van der Waals surface area (Å²) in [6.07, 6.45) is 1.51. The summed E-state index contributed by atoms with van der Waals surface area (Å²) in [4.78, 5) is 15.8. The molecule has 0 saturated heterocycles. The van der Waals surface area contributed by atoms with Crippen molar-refractivity contribution in [3.63, 3.8) is 0 Å². The zero-order valence-electron chi connectivity index (χ0n) is 8.34. The topological polar surface area (TPSA) is 60.9 Å². The molecule has 0 unspecified atom stereocenters. The minimum Gasteiger partial charge on any atom is -0.369 e. The van der Waals surface area contributed by atoms with Crippen molar-refractivity contribution in [2.24, 2.45) is 7.05 Å². The Morgan fingerprint density at radius 3 is 2.60 bits per heavy atom. The molecule has 0 radical (unpaired) electrons. The Morgan fingerprint density at radius 2 is 1.93 bits per heavy atom. The smallest absolute Gasteiger partial charge is 0.262 e. The number of nitrogens with two attached hydrogens (primary N) is 1. The van der Waals surface area contributed by atoms with Crippen LogP contribution in [-0.2, 0) is 7.05 Å². The molecule has 1 aromatic heterocycles. The van der Waals surface area contributed by atoms with E-state index < -0.39 is 0 Å². The summed E-state index contributed by atoms with van der Waals surface area (Å²) < 4.78 is 1.34. The first-order chi connectivity index (χ1) is 7.20. The summed E-state index contributed by atoms with van der Waals surface area (Å²) in [6, 6.07) is 9.40. The molecule has 0 fully saturated rings. The van der Waals surface area contributed by atoms with E-state index in [1.807, 2.05) is 30.3 Å². The van der Waals surface area contributed by atoms with Gasteiger partial charge in [0.05, 0.1) is 5.56 Å². The first kappa shape index (κ1) is 9.45. The summed E-state index contributed by atoms with van der Waals surface area (Å²) in [7, 11) is 1.61. The Kier molecular flexibility index (Phi) is 2.25. The van der Waals surface area contributed by atoms with Crippen molar-refractivity contribution in [1.82, 2.24) is 9.55 Å². The summed E-state index contributed by atoms with van der Waals surface area (Å²) in [5.41, 5.74) is 6.80. The third-order valence-electron chi connectivity index (χ3n) is 2.29. The second-order valence-electron chi connectivity index (χ2n) is 3.26. The maximum absolute atomic E-state index is 11.8. The van der Waals surface area contributed by atoms with Crippen molar-refractivity contribution >= 4 is 5.95 Å². The van der Waals surface area contributed by atoms with Gasteiger partial charge in [-0.2, -0.15) is 0 Å². The van der Waals surface area contributed by atoms with E-state index in [2.05, 4.69) is 4.98 Å². The number of nitrogens with zero attached hydrogens (tertiary/aromatic N) is 2. The SMILES string of the molecule is Cn1c(N)ncc(-c2ccccc2)c1=O. The molecular weight excluding hydrogens is 190 g/mol. The van der Waals surface area contributed by atoms with Gasteiger partial charge in [0.25, 0.3) is 5.56 Å². The number of rotatable bonds is 1. The number of anilines is 1. The Balaban J connectivity index is 2.66. The highest BCUT2D eigenvalue weighted by Gasteiger charge is 2.06. The van der Waals surface area contributed by atoms with E-state index in [-0.39, 0.29) is 11.5 Å². The highest BCUT2D eigenvalue weighted by molar-refractivity contribution is 5.61. The number of aromatic nitrogens is 2. The van der Waals surface area contributed by atoms with Crippen molar-refractivity contribution in [1.29, 1.82) is 0 Å². The van der Waals surface area contributed by atoms with Crippen LogP contribution in [0.1, 0.15) is 0 Å². The molecule has 76 valence electrons. The predicted octanol–water partition coefficient (Wildman–Crippen LogP) is 1.03. The van der Waals surface area contributed by atoms with Crippen LogP contribution in [0.4, 0.5) is 5.95 Å². The highest BCUT2D eigenvalue weighted by Crippen LogP contribution is 2.13. The number of benzene rings is 1. The second kappa shape index (κ2) is 3.57. The largest absolute Gasteiger partial charge is 0.369 e. The average molecular weight is 201 g/mol. The lowest BCUT2D eigenvalue weighted by Crippen LogP contribution is -2.22. The molecule has 0 spiro atoms. The lowest BCUT2D eigenvalue weighted by molar-refractivity contribution is 0.846. The van der Waals surface area contributed by atoms with E-state index in [1.165, 1.54) is 10.8 Å². The van der Waals surface area contributed by atoms with Gasteiger partial charge in [-0.25, -0.2) is 4.98 Å².